The minimum Gasteiger partial charge on any atom is -0.386 e. The number of aliphatic hydroxyl groups excluding tert-OH is 1. The molecule has 0 aliphatic carbocycles. The summed E-state index contributed by atoms with van der Waals surface area (Å²) in [5.74, 6) is 1.58. The Morgan fingerprint density at radius 1 is 1.36 bits per heavy atom. The predicted molar refractivity (Wildman–Crippen MR) is 108 cm³/mol. The monoisotopic (exact) mass is 386 g/mol. The zero-order valence-corrected chi connectivity index (χ0v) is 16.9. The highest BCUT2D eigenvalue weighted by atomic mass is 35.5. The van der Waals surface area contributed by atoms with Crippen molar-refractivity contribution < 1.29 is 5.11 Å². The first kappa shape index (κ1) is 20.5. The van der Waals surface area contributed by atoms with Crippen molar-refractivity contribution >= 4 is 28.9 Å². The van der Waals surface area contributed by atoms with Gasteiger partial charge in [-0.2, -0.15) is 0 Å². The fourth-order valence-corrected chi connectivity index (χ4v) is 4.14. The molecule has 0 amide bonds. The van der Waals surface area contributed by atoms with Gasteiger partial charge in [-0.3, -0.25) is 4.99 Å². The van der Waals surface area contributed by atoms with Gasteiger partial charge in [-0.05, 0) is 63.9 Å². The van der Waals surface area contributed by atoms with E-state index >= 15 is 0 Å². The number of rotatable bonds is 8. The minimum atomic E-state index is -0.605. The van der Waals surface area contributed by atoms with Crippen LogP contribution in [-0.4, -0.2) is 55.2 Å². The number of nitrogens with one attached hydrogen (secondary N) is 2. The molecule has 0 saturated carbocycles. The number of halogens is 1. The predicted octanol–water partition coefficient (Wildman–Crippen LogP) is 3.11. The van der Waals surface area contributed by atoms with Crippen LogP contribution in [0.15, 0.2) is 17.1 Å². The molecule has 0 aromatic carbocycles. The minimum absolute atomic E-state index is 0.334. The maximum Gasteiger partial charge on any atom is 0.191 e. The summed E-state index contributed by atoms with van der Waals surface area (Å²) in [6.07, 6.45) is 3.15. The second-order valence-electron chi connectivity index (χ2n) is 6.47. The Hall–Kier alpha value is -0.820. The van der Waals surface area contributed by atoms with Crippen LogP contribution >= 0.6 is 22.9 Å². The summed E-state index contributed by atoms with van der Waals surface area (Å²) < 4.78 is 0.692. The van der Waals surface area contributed by atoms with E-state index in [9.17, 15) is 5.11 Å². The van der Waals surface area contributed by atoms with Crippen LogP contribution in [0, 0.1) is 5.92 Å². The van der Waals surface area contributed by atoms with Gasteiger partial charge in [0.25, 0.3) is 0 Å². The van der Waals surface area contributed by atoms with Gasteiger partial charge in [-0.1, -0.05) is 18.5 Å². The van der Waals surface area contributed by atoms with Gasteiger partial charge in [0, 0.05) is 18.0 Å². The zero-order valence-electron chi connectivity index (χ0n) is 15.3. The molecule has 1 atom stereocenters. The SMILES string of the molecule is CCNC(=NCC(O)c1ccc(Cl)s1)NCCC1CCN(CC)CC1. The van der Waals surface area contributed by atoms with Crippen LogP contribution in [0.3, 0.4) is 0 Å². The number of hydrogen-bond donors (Lipinski definition) is 3. The van der Waals surface area contributed by atoms with Crippen LogP contribution in [0.1, 0.15) is 44.1 Å². The third-order valence-electron chi connectivity index (χ3n) is 4.69. The van der Waals surface area contributed by atoms with E-state index < -0.39 is 6.10 Å². The Kier molecular flexibility index (Phi) is 9.03. The van der Waals surface area contributed by atoms with Gasteiger partial charge in [0.05, 0.1) is 10.9 Å². The lowest BCUT2D eigenvalue weighted by molar-refractivity contribution is 0.187. The fraction of sp³-hybridized carbons (Fsp3) is 0.722. The van der Waals surface area contributed by atoms with Crippen LogP contribution in [0.2, 0.25) is 4.34 Å². The van der Waals surface area contributed by atoms with Crippen molar-refractivity contribution in [2.75, 3.05) is 39.3 Å². The standard InChI is InChI=1S/C18H31ClN4OS/c1-3-20-18(22-13-15(24)16-5-6-17(19)25-16)21-10-7-14-8-11-23(4-2)12-9-14/h5-6,14-15,24H,3-4,7-13H2,1-2H3,(H2,20,21,22). The number of thiophene rings is 1. The van der Waals surface area contributed by atoms with E-state index in [2.05, 4.69) is 27.4 Å². The van der Waals surface area contributed by atoms with Crippen LogP contribution in [0.4, 0.5) is 0 Å². The summed E-state index contributed by atoms with van der Waals surface area (Å²) in [5.41, 5.74) is 0. The summed E-state index contributed by atoms with van der Waals surface area (Å²) in [7, 11) is 0. The molecule has 0 bridgehead atoms. The smallest absolute Gasteiger partial charge is 0.191 e. The average molecular weight is 387 g/mol. The summed E-state index contributed by atoms with van der Waals surface area (Å²) in [5, 5.41) is 16.9. The second kappa shape index (κ2) is 11.0. The molecule has 1 aliphatic rings. The number of aliphatic hydroxyl groups is 1. The molecule has 3 N–H and O–H groups in total. The molecule has 1 unspecified atom stereocenters. The first-order chi connectivity index (χ1) is 12.1. The highest BCUT2D eigenvalue weighted by Gasteiger charge is 2.17. The lowest BCUT2D eigenvalue weighted by Crippen LogP contribution is -2.39. The van der Waals surface area contributed by atoms with E-state index in [1.807, 2.05) is 19.1 Å². The molecule has 142 valence electrons. The summed E-state index contributed by atoms with van der Waals surface area (Å²) in [6.45, 7) is 9.97. The molecule has 25 heavy (non-hydrogen) atoms. The summed E-state index contributed by atoms with van der Waals surface area (Å²) in [4.78, 5) is 7.88. The van der Waals surface area contributed by atoms with Crippen molar-refractivity contribution in [3.63, 3.8) is 0 Å². The van der Waals surface area contributed by atoms with Crippen molar-refractivity contribution in [3.8, 4) is 0 Å². The molecule has 2 heterocycles. The molecule has 0 radical (unpaired) electrons. The van der Waals surface area contributed by atoms with E-state index in [0.29, 0.717) is 10.9 Å². The molecular formula is C18H31ClN4OS. The van der Waals surface area contributed by atoms with Gasteiger partial charge in [0.2, 0.25) is 0 Å². The Balaban J connectivity index is 1.74. The van der Waals surface area contributed by atoms with Crippen molar-refractivity contribution in [3.05, 3.63) is 21.3 Å². The average Bonchev–Trinajstić information content (AvgIpc) is 3.06. The van der Waals surface area contributed by atoms with Gasteiger partial charge in [0.1, 0.15) is 6.10 Å². The molecule has 1 aliphatic heterocycles. The number of guanidine groups is 1. The molecule has 2 rings (SSSR count). The quantitative estimate of drug-likeness (QED) is 0.474. The highest BCUT2D eigenvalue weighted by molar-refractivity contribution is 7.16. The van der Waals surface area contributed by atoms with Crippen LogP contribution in [0.25, 0.3) is 0 Å². The van der Waals surface area contributed by atoms with Gasteiger partial charge in [0.15, 0.2) is 5.96 Å². The molecule has 7 heteroatoms. The third-order valence-corrected chi connectivity index (χ3v) is 6.02. The normalized spacial score (nSPS) is 18.3. The van der Waals surface area contributed by atoms with E-state index in [-0.39, 0.29) is 0 Å². The first-order valence-electron chi connectivity index (χ1n) is 9.30. The van der Waals surface area contributed by atoms with E-state index in [1.54, 1.807) is 0 Å². The number of aliphatic imine (C=N–C) groups is 1. The molecule has 5 nitrogen and oxygen atoms in total. The summed E-state index contributed by atoms with van der Waals surface area (Å²) >= 11 is 7.32. The molecule has 1 saturated heterocycles. The maximum atomic E-state index is 10.2. The third kappa shape index (κ3) is 7.13. The second-order valence-corrected chi connectivity index (χ2v) is 8.22. The Bertz CT molecular complexity index is 529. The van der Waals surface area contributed by atoms with E-state index in [0.717, 1.165) is 29.8 Å². The Labute approximate surface area is 160 Å². The summed E-state index contributed by atoms with van der Waals surface area (Å²) in [6, 6.07) is 3.66. The number of piperidine rings is 1. The van der Waals surface area contributed by atoms with Gasteiger partial charge < -0.3 is 20.6 Å². The topological polar surface area (TPSA) is 59.9 Å². The number of likely N-dealkylation sites (tertiary alicyclic amines) is 1. The number of hydrogen-bond acceptors (Lipinski definition) is 4. The van der Waals surface area contributed by atoms with E-state index in [4.69, 9.17) is 11.6 Å². The van der Waals surface area contributed by atoms with Crippen molar-refractivity contribution in [1.82, 2.24) is 15.5 Å². The molecule has 1 aromatic rings. The van der Waals surface area contributed by atoms with Crippen LogP contribution in [-0.2, 0) is 0 Å². The van der Waals surface area contributed by atoms with Gasteiger partial charge >= 0.3 is 0 Å². The highest BCUT2D eigenvalue weighted by Crippen LogP contribution is 2.26. The zero-order chi connectivity index (χ0) is 18.1. The number of nitrogens with zero attached hydrogens (tertiary/aromatic N) is 2. The Morgan fingerprint density at radius 2 is 2.12 bits per heavy atom. The molecule has 1 aromatic heterocycles. The van der Waals surface area contributed by atoms with Gasteiger partial charge in [-0.15, -0.1) is 11.3 Å². The lowest BCUT2D eigenvalue weighted by Gasteiger charge is -2.31. The van der Waals surface area contributed by atoms with Crippen molar-refractivity contribution in [2.45, 2.75) is 39.2 Å². The Morgan fingerprint density at radius 3 is 2.72 bits per heavy atom. The van der Waals surface area contributed by atoms with Crippen molar-refractivity contribution in [2.24, 2.45) is 10.9 Å². The molecular weight excluding hydrogens is 356 g/mol. The molecule has 0 spiro atoms. The lowest BCUT2D eigenvalue weighted by atomic mass is 9.93. The van der Waals surface area contributed by atoms with E-state index in [1.165, 1.54) is 50.2 Å². The van der Waals surface area contributed by atoms with Crippen LogP contribution < -0.4 is 10.6 Å². The maximum absolute atomic E-state index is 10.2. The fourth-order valence-electron chi connectivity index (χ4n) is 3.10. The largest absolute Gasteiger partial charge is 0.386 e. The van der Waals surface area contributed by atoms with Crippen LogP contribution in [0.5, 0.6) is 0 Å². The van der Waals surface area contributed by atoms with Crippen molar-refractivity contribution in [1.29, 1.82) is 0 Å². The van der Waals surface area contributed by atoms with Gasteiger partial charge in [-0.25, -0.2) is 0 Å². The first-order valence-corrected chi connectivity index (χ1v) is 10.5. The molecule has 1 fully saturated rings.